The van der Waals surface area contributed by atoms with Gasteiger partial charge in [0.15, 0.2) is 0 Å². The molecule has 1 N–H and O–H groups in total. The summed E-state index contributed by atoms with van der Waals surface area (Å²) in [5, 5.41) is 3.14. The molecule has 0 aromatic carbocycles. The third kappa shape index (κ3) is 1.15. The van der Waals surface area contributed by atoms with Gasteiger partial charge in [0.1, 0.15) is 0 Å². The van der Waals surface area contributed by atoms with Crippen LogP contribution in [0.2, 0.25) is 0 Å². The molecule has 0 bridgehead atoms. The second-order valence-electron chi connectivity index (χ2n) is 2.66. The molecule has 0 unspecified atom stereocenters. The van der Waals surface area contributed by atoms with Crippen LogP contribution in [0.4, 0.5) is 0 Å². The lowest BCUT2D eigenvalue weighted by atomic mass is 10.1. The van der Waals surface area contributed by atoms with Gasteiger partial charge in [0.25, 0.3) is 0 Å². The van der Waals surface area contributed by atoms with E-state index >= 15 is 0 Å². The molecule has 0 atom stereocenters. The number of halogens is 1. The van der Waals surface area contributed by atoms with Crippen LogP contribution in [0.5, 0.6) is 0 Å². The Balaban J connectivity index is 2.20. The maximum absolute atomic E-state index is 5.69. The van der Waals surface area contributed by atoms with E-state index in [-0.39, 0.29) is 0 Å². The Bertz CT molecular complexity index is 78.6. The van der Waals surface area contributed by atoms with Gasteiger partial charge in [-0.2, -0.15) is 0 Å². The Morgan fingerprint density at radius 3 is 2.38 bits per heavy atom. The molecule has 0 amide bonds. The Labute approximate surface area is 55.4 Å². The molecular formula is C6H12ClN. The van der Waals surface area contributed by atoms with E-state index in [0.717, 1.165) is 12.4 Å². The van der Waals surface area contributed by atoms with Crippen molar-refractivity contribution in [2.45, 2.75) is 12.8 Å². The average molecular weight is 134 g/mol. The molecule has 0 aromatic heterocycles. The predicted octanol–water partition coefficient (Wildman–Crippen LogP) is 1.22. The van der Waals surface area contributed by atoms with Crippen molar-refractivity contribution >= 4 is 11.6 Å². The quantitative estimate of drug-likeness (QED) is 0.571. The fourth-order valence-corrected chi connectivity index (χ4v) is 1.27. The molecule has 1 saturated carbocycles. The maximum Gasteiger partial charge on any atom is 0.0292 e. The first-order valence-electron chi connectivity index (χ1n) is 3.04. The zero-order valence-electron chi connectivity index (χ0n) is 5.21. The minimum Gasteiger partial charge on any atom is -0.319 e. The van der Waals surface area contributed by atoms with Crippen LogP contribution in [0, 0.1) is 5.41 Å². The van der Waals surface area contributed by atoms with Gasteiger partial charge in [-0.25, -0.2) is 0 Å². The van der Waals surface area contributed by atoms with Crippen LogP contribution >= 0.6 is 11.6 Å². The normalized spacial score (nSPS) is 23.2. The van der Waals surface area contributed by atoms with E-state index in [0.29, 0.717) is 5.41 Å². The molecule has 2 heteroatoms. The minimum atomic E-state index is 0.496. The summed E-state index contributed by atoms with van der Waals surface area (Å²) in [5.74, 6) is 0.827. The second-order valence-corrected chi connectivity index (χ2v) is 2.93. The number of rotatable bonds is 3. The fourth-order valence-electron chi connectivity index (χ4n) is 0.909. The maximum atomic E-state index is 5.69. The summed E-state index contributed by atoms with van der Waals surface area (Å²) in [7, 11) is 1.98. The molecule has 1 fully saturated rings. The van der Waals surface area contributed by atoms with Gasteiger partial charge in [0.2, 0.25) is 0 Å². The molecule has 1 aliphatic rings. The third-order valence-corrected chi connectivity index (χ3v) is 2.36. The Morgan fingerprint density at radius 2 is 2.25 bits per heavy atom. The van der Waals surface area contributed by atoms with Gasteiger partial charge in [-0.1, -0.05) is 0 Å². The molecule has 0 aliphatic heterocycles. The molecular weight excluding hydrogens is 122 g/mol. The standard InChI is InChI=1S/C6H12ClN/c1-8-5-6(4-7)2-3-6/h8H,2-5H2,1H3. The van der Waals surface area contributed by atoms with E-state index in [4.69, 9.17) is 11.6 Å². The van der Waals surface area contributed by atoms with Crippen LogP contribution in [0.3, 0.4) is 0 Å². The van der Waals surface area contributed by atoms with Crippen molar-refractivity contribution in [3.8, 4) is 0 Å². The minimum absolute atomic E-state index is 0.496. The monoisotopic (exact) mass is 133 g/mol. The molecule has 1 rings (SSSR count). The summed E-state index contributed by atoms with van der Waals surface area (Å²) in [6.07, 6.45) is 2.63. The Hall–Kier alpha value is 0.250. The van der Waals surface area contributed by atoms with Gasteiger partial charge in [-0.05, 0) is 25.3 Å². The van der Waals surface area contributed by atoms with E-state index in [1.54, 1.807) is 0 Å². The number of hydrogen-bond donors (Lipinski definition) is 1. The third-order valence-electron chi connectivity index (χ3n) is 1.79. The van der Waals surface area contributed by atoms with Gasteiger partial charge in [0, 0.05) is 12.4 Å². The topological polar surface area (TPSA) is 12.0 Å². The van der Waals surface area contributed by atoms with Crippen molar-refractivity contribution in [3.05, 3.63) is 0 Å². The lowest BCUT2D eigenvalue weighted by Crippen LogP contribution is -2.20. The first kappa shape index (κ1) is 6.37. The van der Waals surface area contributed by atoms with Gasteiger partial charge in [0.05, 0.1) is 0 Å². The summed E-state index contributed by atoms with van der Waals surface area (Å²) >= 11 is 5.69. The van der Waals surface area contributed by atoms with Gasteiger partial charge < -0.3 is 5.32 Å². The summed E-state index contributed by atoms with van der Waals surface area (Å²) < 4.78 is 0. The first-order chi connectivity index (χ1) is 3.83. The lowest BCUT2D eigenvalue weighted by Gasteiger charge is -2.07. The molecule has 0 saturated heterocycles. The summed E-state index contributed by atoms with van der Waals surface area (Å²) in [6, 6.07) is 0. The summed E-state index contributed by atoms with van der Waals surface area (Å²) in [4.78, 5) is 0. The highest BCUT2D eigenvalue weighted by Gasteiger charge is 2.40. The van der Waals surface area contributed by atoms with Crippen LogP contribution in [-0.2, 0) is 0 Å². The molecule has 48 valence electrons. The zero-order valence-corrected chi connectivity index (χ0v) is 5.96. The van der Waals surface area contributed by atoms with Gasteiger partial charge in [-0.3, -0.25) is 0 Å². The SMILES string of the molecule is CNCC1(CCl)CC1. The fraction of sp³-hybridized carbons (Fsp3) is 1.00. The smallest absolute Gasteiger partial charge is 0.0292 e. The lowest BCUT2D eigenvalue weighted by molar-refractivity contribution is 0.538. The molecule has 1 aliphatic carbocycles. The van der Waals surface area contributed by atoms with Crippen molar-refractivity contribution in [3.63, 3.8) is 0 Å². The molecule has 0 radical (unpaired) electrons. The van der Waals surface area contributed by atoms with Crippen molar-refractivity contribution in [1.82, 2.24) is 5.32 Å². The average Bonchev–Trinajstić information content (AvgIpc) is 2.50. The van der Waals surface area contributed by atoms with E-state index < -0.39 is 0 Å². The van der Waals surface area contributed by atoms with Crippen LogP contribution in [-0.4, -0.2) is 19.5 Å². The molecule has 1 nitrogen and oxygen atoms in total. The molecule has 8 heavy (non-hydrogen) atoms. The van der Waals surface area contributed by atoms with E-state index in [1.807, 2.05) is 7.05 Å². The molecule has 0 heterocycles. The largest absolute Gasteiger partial charge is 0.319 e. The van der Waals surface area contributed by atoms with E-state index in [9.17, 15) is 0 Å². The first-order valence-corrected chi connectivity index (χ1v) is 3.57. The van der Waals surface area contributed by atoms with Crippen LogP contribution < -0.4 is 5.32 Å². The number of nitrogens with one attached hydrogen (secondary N) is 1. The second kappa shape index (κ2) is 2.24. The molecule has 0 aromatic rings. The van der Waals surface area contributed by atoms with Crippen LogP contribution in [0.25, 0.3) is 0 Å². The highest BCUT2D eigenvalue weighted by molar-refractivity contribution is 6.18. The summed E-state index contributed by atoms with van der Waals surface area (Å²) in [6.45, 7) is 1.09. The zero-order chi connectivity index (χ0) is 6.04. The highest BCUT2D eigenvalue weighted by atomic mass is 35.5. The van der Waals surface area contributed by atoms with Crippen LogP contribution in [0.1, 0.15) is 12.8 Å². The van der Waals surface area contributed by atoms with Gasteiger partial charge in [-0.15, -0.1) is 11.6 Å². The predicted molar refractivity (Wildman–Crippen MR) is 36.3 cm³/mol. The Morgan fingerprint density at radius 1 is 1.62 bits per heavy atom. The van der Waals surface area contributed by atoms with Crippen molar-refractivity contribution < 1.29 is 0 Å². The van der Waals surface area contributed by atoms with Gasteiger partial charge >= 0.3 is 0 Å². The van der Waals surface area contributed by atoms with Crippen molar-refractivity contribution in [2.24, 2.45) is 5.41 Å². The van der Waals surface area contributed by atoms with Crippen molar-refractivity contribution in [1.29, 1.82) is 0 Å². The summed E-state index contributed by atoms with van der Waals surface area (Å²) in [5.41, 5.74) is 0.496. The molecule has 0 spiro atoms. The van der Waals surface area contributed by atoms with E-state index in [2.05, 4.69) is 5.32 Å². The number of alkyl halides is 1. The Kier molecular flexibility index (Phi) is 1.78. The highest BCUT2D eigenvalue weighted by Crippen LogP contribution is 2.45. The van der Waals surface area contributed by atoms with Crippen LogP contribution in [0.15, 0.2) is 0 Å². The van der Waals surface area contributed by atoms with Crippen molar-refractivity contribution in [2.75, 3.05) is 19.5 Å². The number of hydrogen-bond acceptors (Lipinski definition) is 1. The van der Waals surface area contributed by atoms with E-state index in [1.165, 1.54) is 12.8 Å².